The molecule has 0 aromatic heterocycles. The summed E-state index contributed by atoms with van der Waals surface area (Å²) < 4.78 is 0. The largest absolute Gasteiger partial charge is 0.299 e. The van der Waals surface area contributed by atoms with Gasteiger partial charge in [-0.1, -0.05) is 64.2 Å². The molecule has 0 aromatic carbocycles. The lowest BCUT2D eigenvalue weighted by atomic mass is 9.48. The average molecular weight is 593 g/mol. The van der Waals surface area contributed by atoms with Crippen molar-refractivity contribution in [1.82, 2.24) is 0 Å². The van der Waals surface area contributed by atoms with E-state index in [9.17, 15) is 19.2 Å². The number of hydrogen-bond donors (Lipinski definition) is 0. The smallest absolute Gasteiger partial charge is 0.178 e. The molecule has 6 fully saturated rings. The SMILES string of the molecule is C=C1C[C@@H]2[C@H](CC[C@]3(C)C(=O)CC[C@@H]23)[C@@]2(C)C=CC(=O)C=C12.C=C1C[C@@H]2[C@H](CC[C@]3(C)C(=O)CC[C@@H]23)[C@@]2(C)C=CC(=O)C=C12. The van der Waals surface area contributed by atoms with Gasteiger partial charge in [0.1, 0.15) is 11.6 Å². The lowest BCUT2D eigenvalue weighted by molar-refractivity contribution is -0.131. The summed E-state index contributed by atoms with van der Waals surface area (Å²) >= 11 is 0. The summed E-state index contributed by atoms with van der Waals surface area (Å²) in [5, 5.41) is 0. The Hall–Kier alpha value is -2.88. The van der Waals surface area contributed by atoms with Gasteiger partial charge in [-0.15, -0.1) is 0 Å². The molecule has 0 heterocycles. The Labute approximate surface area is 262 Å². The lowest BCUT2D eigenvalue weighted by Crippen LogP contribution is -2.50. The number of ketones is 4. The van der Waals surface area contributed by atoms with E-state index < -0.39 is 0 Å². The van der Waals surface area contributed by atoms with Crippen LogP contribution < -0.4 is 0 Å². The van der Waals surface area contributed by atoms with Crippen molar-refractivity contribution < 1.29 is 19.2 Å². The van der Waals surface area contributed by atoms with Crippen LogP contribution in [0.25, 0.3) is 0 Å². The zero-order chi connectivity index (χ0) is 31.4. The van der Waals surface area contributed by atoms with Crippen LogP contribution in [0.4, 0.5) is 0 Å². The number of fused-ring (bicyclic) bond motifs is 10. The normalized spacial score (nSPS) is 46.9. The van der Waals surface area contributed by atoms with Crippen molar-refractivity contribution in [2.75, 3.05) is 0 Å². The number of rotatable bonds is 0. The second-order valence-corrected chi connectivity index (χ2v) is 16.4. The highest BCUT2D eigenvalue weighted by Crippen LogP contribution is 2.65. The molecule has 0 aliphatic heterocycles. The summed E-state index contributed by atoms with van der Waals surface area (Å²) in [5.41, 5.74) is 4.18. The minimum absolute atomic E-state index is 0.0686. The highest BCUT2D eigenvalue weighted by atomic mass is 16.1. The first kappa shape index (κ1) is 29.8. The van der Waals surface area contributed by atoms with Crippen LogP contribution in [0.5, 0.6) is 0 Å². The van der Waals surface area contributed by atoms with Gasteiger partial charge in [-0.25, -0.2) is 0 Å². The minimum Gasteiger partial charge on any atom is -0.299 e. The van der Waals surface area contributed by atoms with E-state index in [0.29, 0.717) is 47.1 Å². The predicted octanol–water partition coefficient (Wildman–Crippen LogP) is 8.06. The predicted molar refractivity (Wildman–Crippen MR) is 172 cm³/mol. The van der Waals surface area contributed by atoms with Crippen LogP contribution >= 0.6 is 0 Å². The molecule has 8 rings (SSSR count). The highest BCUT2D eigenvalue weighted by Gasteiger charge is 2.60. The quantitative estimate of drug-likeness (QED) is 0.285. The fourth-order valence-electron chi connectivity index (χ4n) is 12.0. The number of Topliss-reactive ketones (excluding diaryl/α,β-unsaturated/α-hetero) is 2. The van der Waals surface area contributed by atoms with Gasteiger partial charge < -0.3 is 0 Å². The molecule has 0 spiro atoms. The van der Waals surface area contributed by atoms with Crippen molar-refractivity contribution >= 4 is 23.1 Å². The van der Waals surface area contributed by atoms with Gasteiger partial charge in [0.2, 0.25) is 0 Å². The molecule has 0 amide bonds. The maximum Gasteiger partial charge on any atom is 0.178 e. The van der Waals surface area contributed by atoms with Crippen molar-refractivity contribution in [3.05, 3.63) is 71.9 Å². The molecule has 4 nitrogen and oxygen atoms in total. The number of carbonyl (C=O) groups is 4. The van der Waals surface area contributed by atoms with Gasteiger partial charge in [0.15, 0.2) is 11.6 Å². The second kappa shape index (κ2) is 9.81. The third-order valence-corrected chi connectivity index (χ3v) is 14.5. The Morgan fingerprint density at radius 1 is 0.591 bits per heavy atom. The molecular weight excluding hydrogens is 544 g/mol. The summed E-state index contributed by atoms with van der Waals surface area (Å²) in [5.74, 6) is 4.28. The van der Waals surface area contributed by atoms with E-state index in [1.54, 1.807) is 24.3 Å². The van der Waals surface area contributed by atoms with Crippen LogP contribution in [-0.4, -0.2) is 23.1 Å². The van der Waals surface area contributed by atoms with E-state index in [4.69, 9.17) is 0 Å². The van der Waals surface area contributed by atoms with Crippen LogP contribution in [0.1, 0.15) is 91.9 Å². The molecule has 0 saturated heterocycles. The van der Waals surface area contributed by atoms with Gasteiger partial charge in [0.25, 0.3) is 0 Å². The Kier molecular flexibility index (Phi) is 6.65. The molecule has 0 bridgehead atoms. The first-order valence-corrected chi connectivity index (χ1v) is 17.1. The highest BCUT2D eigenvalue weighted by molar-refractivity contribution is 6.02. The molecule has 0 N–H and O–H groups in total. The first-order valence-electron chi connectivity index (χ1n) is 17.1. The monoisotopic (exact) mass is 592 g/mol. The van der Waals surface area contributed by atoms with Crippen molar-refractivity contribution in [3.63, 3.8) is 0 Å². The van der Waals surface area contributed by atoms with Gasteiger partial charge in [-0.2, -0.15) is 0 Å². The Bertz CT molecular complexity index is 1420. The topological polar surface area (TPSA) is 68.3 Å². The van der Waals surface area contributed by atoms with Crippen LogP contribution in [0, 0.1) is 57.2 Å². The maximum absolute atomic E-state index is 12.4. The molecule has 44 heavy (non-hydrogen) atoms. The molecular formula is C40H48O4. The molecule has 0 unspecified atom stereocenters. The van der Waals surface area contributed by atoms with Crippen molar-refractivity contribution in [3.8, 4) is 0 Å². The maximum atomic E-state index is 12.4. The third-order valence-electron chi connectivity index (χ3n) is 14.5. The minimum atomic E-state index is -0.104. The standard InChI is InChI=1S/2C20H24O2/c2*1-12-10-14-15-4-5-18(22)20(15,3)9-7-16(14)19(2)8-6-13(21)11-17(12)19/h2*6,8,11,14-16H,1,4-5,7,9-10H2,2-3H3/t2*14-,15-,16-,19+,20-/m00/s1. The van der Waals surface area contributed by atoms with Crippen LogP contribution in [0.15, 0.2) is 71.9 Å². The van der Waals surface area contributed by atoms with E-state index >= 15 is 0 Å². The zero-order valence-corrected chi connectivity index (χ0v) is 27.0. The molecule has 4 heteroatoms. The molecule has 10 atom stereocenters. The summed E-state index contributed by atoms with van der Waals surface area (Å²) in [6.07, 6.45) is 21.0. The molecule has 8 aliphatic carbocycles. The summed E-state index contributed by atoms with van der Waals surface area (Å²) in [7, 11) is 0. The molecule has 0 radical (unpaired) electrons. The van der Waals surface area contributed by atoms with Gasteiger partial charge in [-0.3, -0.25) is 19.2 Å². The lowest BCUT2D eigenvalue weighted by Gasteiger charge is -2.56. The summed E-state index contributed by atoms with van der Waals surface area (Å²) in [6, 6.07) is 0. The molecule has 6 saturated carbocycles. The second-order valence-electron chi connectivity index (χ2n) is 16.4. The van der Waals surface area contributed by atoms with Gasteiger partial charge >= 0.3 is 0 Å². The number of carbonyl (C=O) groups excluding carboxylic acids is 4. The molecule has 0 aromatic rings. The van der Waals surface area contributed by atoms with Gasteiger partial charge in [0.05, 0.1) is 0 Å². The van der Waals surface area contributed by atoms with Crippen LogP contribution in [0.3, 0.4) is 0 Å². The fraction of sp³-hybridized carbons (Fsp3) is 0.600. The van der Waals surface area contributed by atoms with E-state index in [0.717, 1.165) is 86.5 Å². The Morgan fingerprint density at radius 3 is 1.36 bits per heavy atom. The third kappa shape index (κ3) is 4.01. The van der Waals surface area contributed by atoms with E-state index in [2.05, 4.69) is 53.0 Å². The van der Waals surface area contributed by atoms with E-state index in [1.165, 1.54) is 0 Å². The zero-order valence-electron chi connectivity index (χ0n) is 27.0. The van der Waals surface area contributed by atoms with Crippen molar-refractivity contribution in [2.24, 2.45) is 57.2 Å². The summed E-state index contributed by atoms with van der Waals surface area (Å²) in [4.78, 5) is 48.4. The molecule has 8 aliphatic rings. The van der Waals surface area contributed by atoms with E-state index in [1.807, 2.05) is 0 Å². The van der Waals surface area contributed by atoms with E-state index in [-0.39, 0.29) is 33.2 Å². The Balaban J connectivity index is 0.000000142. The fourth-order valence-corrected chi connectivity index (χ4v) is 12.0. The van der Waals surface area contributed by atoms with Gasteiger partial charge in [-0.05, 0) is 122 Å². The summed E-state index contributed by atoms with van der Waals surface area (Å²) in [6.45, 7) is 17.5. The van der Waals surface area contributed by atoms with Gasteiger partial charge in [0, 0.05) is 34.5 Å². The van der Waals surface area contributed by atoms with Crippen molar-refractivity contribution in [2.45, 2.75) is 91.9 Å². The van der Waals surface area contributed by atoms with Crippen molar-refractivity contribution in [1.29, 1.82) is 0 Å². The number of hydrogen-bond acceptors (Lipinski definition) is 4. The van der Waals surface area contributed by atoms with Crippen LogP contribution in [0.2, 0.25) is 0 Å². The van der Waals surface area contributed by atoms with Crippen LogP contribution in [-0.2, 0) is 19.2 Å². The molecule has 232 valence electrons. The number of allylic oxidation sites excluding steroid dienone is 10. The average Bonchev–Trinajstić information content (AvgIpc) is 3.46. The first-order chi connectivity index (χ1) is 20.7. The Morgan fingerprint density at radius 2 is 0.977 bits per heavy atom.